The number of hydrogen-bond donors (Lipinski definition) is 3. The summed E-state index contributed by atoms with van der Waals surface area (Å²) in [7, 11) is 0. The van der Waals surface area contributed by atoms with Crippen LogP contribution in [-0.2, 0) is 10.3 Å². The summed E-state index contributed by atoms with van der Waals surface area (Å²) in [6.45, 7) is 5.89. The van der Waals surface area contributed by atoms with Crippen molar-refractivity contribution in [3.05, 3.63) is 29.8 Å². The van der Waals surface area contributed by atoms with E-state index < -0.39 is 11.5 Å². The summed E-state index contributed by atoms with van der Waals surface area (Å²) >= 11 is 0. The van der Waals surface area contributed by atoms with Crippen molar-refractivity contribution in [1.82, 2.24) is 20.6 Å². The lowest BCUT2D eigenvalue weighted by Crippen LogP contribution is -2.47. The fourth-order valence-corrected chi connectivity index (χ4v) is 2.34. The molecule has 21 heavy (non-hydrogen) atoms. The lowest BCUT2D eigenvalue weighted by atomic mass is 9.76. The molecule has 0 bridgehead atoms. The molecule has 0 fully saturated rings. The van der Waals surface area contributed by atoms with Crippen molar-refractivity contribution in [3.8, 4) is 11.4 Å². The second-order valence-electron chi connectivity index (χ2n) is 6.33. The van der Waals surface area contributed by atoms with E-state index in [9.17, 15) is 9.90 Å². The van der Waals surface area contributed by atoms with Crippen LogP contribution in [0.5, 0.6) is 0 Å². The fourth-order valence-electron chi connectivity index (χ4n) is 2.34. The molecule has 1 aromatic carbocycles. The number of nitrogens with one attached hydrogen (secondary N) is 1. The van der Waals surface area contributed by atoms with Gasteiger partial charge in [-0.2, -0.15) is 5.21 Å². The number of hydrogen-bond acceptors (Lipinski definition) is 5. The van der Waals surface area contributed by atoms with Crippen molar-refractivity contribution in [2.45, 2.75) is 32.7 Å². The molecule has 0 amide bonds. The Morgan fingerprint density at radius 3 is 2.33 bits per heavy atom. The topological polar surface area (TPSA) is 118 Å². The van der Waals surface area contributed by atoms with Crippen LogP contribution in [0, 0.1) is 5.41 Å². The average Bonchev–Trinajstić information content (AvgIpc) is 2.90. The Morgan fingerprint density at radius 1 is 1.29 bits per heavy atom. The van der Waals surface area contributed by atoms with Crippen LogP contribution in [0.1, 0.15) is 32.8 Å². The smallest absolute Gasteiger partial charge is 0.328 e. The third-order valence-electron chi connectivity index (χ3n) is 3.19. The van der Waals surface area contributed by atoms with Gasteiger partial charge >= 0.3 is 5.97 Å². The highest BCUT2D eigenvalue weighted by atomic mass is 16.4. The molecular weight excluding hydrogens is 270 g/mol. The minimum Gasteiger partial charge on any atom is -0.480 e. The van der Waals surface area contributed by atoms with Gasteiger partial charge in [-0.1, -0.05) is 45.0 Å². The first-order chi connectivity index (χ1) is 9.72. The van der Waals surface area contributed by atoms with Gasteiger partial charge in [0.15, 0.2) is 0 Å². The van der Waals surface area contributed by atoms with Crippen LogP contribution in [0.4, 0.5) is 0 Å². The third-order valence-corrected chi connectivity index (χ3v) is 3.19. The summed E-state index contributed by atoms with van der Waals surface area (Å²) < 4.78 is 0. The zero-order chi connectivity index (χ0) is 15.7. The molecule has 0 aliphatic heterocycles. The van der Waals surface area contributed by atoms with Crippen LogP contribution < -0.4 is 5.73 Å². The van der Waals surface area contributed by atoms with E-state index in [1.54, 1.807) is 24.3 Å². The van der Waals surface area contributed by atoms with Gasteiger partial charge in [0.1, 0.15) is 5.54 Å². The Bertz CT molecular complexity index is 616. The average molecular weight is 289 g/mol. The van der Waals surface area contributed by atoms with E-state index in [1.165, 1.54) is 0 Å². The van der Waals surface area contributed by atoms with Crippen molar-refractivity contribution in [2.24, 2.45) is 11.1 Å². The van der Waals surface area contributed by atoms with Crippen LogP contribution in [0.3, 0.4) is 0 Å². The van der Waals surface area contributed by atoms with Gasteiger partial charge in [-0.05, 0) is 22.6 Å². The first-order valence-electron chi connectivity index (χ1n) is 6.59. The molecule has 7 heteroatoms. The van der Waals surface area contributed by atoms with E-state index in [-0.39, 0.29) is 5.41 Å². The molecule has 1 unspecified atom stereocenters. The molecule has 7 nitrogen and oxygen atoms in total. The molecule has 2 rings (SSSR count). The summed E-state index contributed by atoms with van der Waals surface area (Å²) in [5, 5.41) is 23.2. The molecule has 1 atom stereocenters. The molecule has 1 heterocycles. The van der Waals surface area contributed by atoms with Crippen LogP contribution in [0.15, 0.2) is 24.3 Å². The fraction of sp³-hybridized carbons (Fsp3) is 0.429. The van der Waals surface area contributed by atoms with E-state index in [0.717, 1.165) is 5.56 Å². The first kappa shape index (κ1) is 15.1. The van der Waals surface area contributed by atoms with Crippen molar-refractivity contribution in [2.75, 3.05) is 0 Å². The van der Waals surface area contributed by atoms with Gasteiger partial charge < -0.3 is 10.8 Å². The summed E-state index contributed by atoms with van der Waals surface area (Å²) in [5.74, 6) is -0.583. The number of carbonyl (C=O) groups is 1. The predicted molar refractivity (Wildman–Crippen MR) is 77.2 cm³/mol. The molecule has 0 spiro atoms. The van der Waals surface area contributed by atoms with Gasteiger partial charge in [-0.15, -0.1) is 10.2 Å². The van der Waals surface area contributed by atoms with Crippen LogP contribution in [0.25, 0.3) is 11.4 Å². The summed E-state index contributed by atoms with van der Waals surface area (Å²) in [6.07, 6.45) is 0.330. The maximum atomic E-state index is 11.6. The predicted octanol–water partition coefficient (Wildman–Crippen LogP) is 1.54. The zero-order valence-electron chi connectivity index (χ0n) is 12.3. The molecule has 0 radical (unpaired) electrons. The summed E-state index contributed by atoms with van der Waals surface area (Å²) in [6, 6.07) is 6.89. The lowest BCUT2D eigenvalue weighted by molar-refractivity contribution is -0.145. The highest BCUT2D eigenvalue weighted by Gasteiger charge is 2.39. The number of aromatic amines is 1. The normalized spacial score (nSPS) is 14.7. The van der Waals surface area contributed by atoms with Crippen molar-refractivity contribution >= 4 is 5.97 Å². The number of carboxylic acids is 1. The standard InChI is InChI=1S/C14H19N5O2/c1-13(2,3)8-14(15,12(20)21)10-6-4-9(5-7-10)11-16-18-19-17-11/h4-7H,8,15H2,1-3H3,(H,20,21)(H,16,17,18,19). The van der Waals surface area contributed by atoms with Crippen molar-refractivity contribution < 1.29 is 9.90 Å². The van der Waals surface area contributed by atoms with Crippen LogP contribution in [-0.4, -0.2) is 31.7 Å². The zero-order valence-corrected chi connectivity index (χ0v) is 12.3. The molecule has 1 aromatic heterocycles. The lowest BCUT2D eigenvalue weighted by Gasteiger charge is -2.32. The van der Waals surface area contributed by atoms with Gasteiger partial charge in [-0.25, -0.2) is 4.79 Å². The van der Waals surface area contributed by atoms with Crippen LogP contribution in [0.2, 0.25) is 0 Å². The molecule has 0 saturated heterocycles. The maximum absolute atomic E-state index is 11.6. The molecule has 4 N–H and O–H groups in total. The number of benzene rings is 1. The largest absolute Gasteiger partial charge is 0.480 e. The molecule has 0 saturated carbocycles. The van der Waals surface area contributed by atoms with E-state index in [1.807, 2.05) is 20.8 Å². The van der Waals surface area contributed by atoms with E-state index in [0.29, 0.717) is 17.8 Å². The van der Waals surface area contributed by atoms with Crippen LogP contribution >= 0.6 is 0 Å². The number of aliphatic carboxylic acids is 1. The summed E-state index contributed by atoms with van der Waals surface area (Å²) in [5.41, 5.74) is 5.84. The number of tetrazole rings is 1. The number of rotatable bonds is 4. The number of H-pyrrole nitrogens is 1. The minimum atomic E-state index is -1.42. The molecule has 0 aliphatic carbocycles. The van der Waals surface area contributed by atoms with Gasteiger partial charge in [0.25, 0.3) is 0 Å². The second-order valence-corrected chi connectivity index (χ2v) is 6.33. The Morgan fingerprint density at radius 2 is 1.90 bits per heavy atom. The van der Waals surface area contributed by atoms with E-state index in [4.69, 9.17) is 5.73 Å². The quantitative estimate of drug-likeness (QED) is 0.785. The number of nitrogens with two attached hydrogens (primary N) is 1. The third kappa shape index (κ3) is 3.25. The minimum absolute atomic E-state index is 0.209. The Labute approximate surface area is 122 Å². The second kappa shape index (κ2) is 5.25. The Hall–Kier alpha value is -2.28. The highest BCUT2D eigenvalue weighted by molar-refractivity contribution is 5.80. The van der Waals surface area contributed by atoms with Gasteiger partial charge in [0.2, 0.25) is 5.82 Å². The molecular formula is C14H19N5O2. The molecule has 0 aliphatic rings. The number of aromatic nitrogens is 4. The van der Waals surface area contributed by atoms with Crippen molar-refractivity contribution in [3.63, 3.8) is 0 Å². The first-order valence-corrected chi connectivity index (χ1v) is 6.59. The Kier molecular flexibility index (Phi) is 3.78. The molecule has 2 aromatic rings. The Balaban J connectivity index is 2.36. The summed E-state index contributed by atoms with van der Waals surface area (Å²) in [4.78, 5) is 11.6. The SMILES string of the molecule is CC(C)(C)CC(N)(C(=O)O)c1ccc(-c2nn[nH]n2)cc1. The van der Waals surface area contributed by atoms with Gasteiger partial charge in [0, 0.05) is 5.56 Å². The molecule has 112 valence electrons. The van der Waals surface area contributed by atoms with Gasteiger partial charge in [-0.3, -0.25) is 0 Å². The number of nitrogens with zero attached hydrogens (tertiary/aromatic N) is 3. The van der Waals surface area contributed by atoms with E-state index >= 15 is 0 Å². The van der Waals surface area contributed by atoms with Crippen molar-refractivity contribution in [1.29, 1.82) is 0 Å². The van der Waals surface area contributed by atoms with Gasteiger partial charge in [0.05, 0.1) is 0 Å². The monoisotopic (exact) mass is 289 g/mol. The highest BCUT2D eigenvalue weighted by Crippen LogP contribution is 2.33. The van der Waals surface area contributed by atoms with E-state index in [2.05, 4.69) is 20.6 Å². The number of carboxylic acid groups (broad SMARTS) is 1. The maximum Gasteiger partial charge on any atom is 0.328 e.